The second-order valence-corrected chi connectivity index (χ2v) is 8.54. The van der Waals surface area contributed by atoms with Crippen molar-refractivity contribution in [3.63, 3.8) is 0 Å². The normalized spacial score (nSPS) is 15.0. The van der Waals surface area contributed by atoms with E-state index in [1.54, 1.807) is 31.1 Å². The van der Waals surface area contributed by atoms with Crippen molar-refractivity contribution < 1.29 is 9.15 Å². The minimum atomic E-state index is -0.287. The van der Waals surface area contributed by atoms with Gasteiger partial charge in [0.2, 0.25) is 12.1 Å². The Morgan fingerprint density at radius 2 is 1.73 bits per heavy atom. The lowest BCUT2D eigenvalue weighted by molar-refractivity contribution is 0.150. The summed E-state index contributed by atoms with van der Waals surface area (Å²) in [6.07, 6.45) is 18.2. The van der Waals surface area contributed by atoms with E-state index in [2.05, 4.69) is 68.8 Å². The minimum absolute atomic E-state index is 0.287. The molecule has 37 heavy (non-hydrogen) atoms. The molecule has 0 amide bonds. The Bertz CT molecular complexity index is 1640. The smallest absolute Gasteiger partial charge is 0.245 e. The summed E-state index contributed by atoms with van der Waals surface area (Å²) in [7, 11) is 0. The van der Waals surface area contributed by atoms with Crippen LogP contribution in [0.3, 0.4) is 0 Å². The molecular formula is C31H24N4O2. The number of nitrogens with zero attached hydrogens (tertiary/aromatic N) is 3. The summed E-state index contributed by atoms with van der Waals surface area (Å²) in [6.45, 7) is 2.01. The molecule has 0 saturated heterocycles. The van der Waals surface area contributed by atoms with Crippen LogP contribution in [0.15, 0.2) is 115 Å². The molecule has 6 heteroatoms. The largest absolute Gasteiger partial charge is 0.471 e. The number of pyridine rings is 2. The predicted molar refractivity (Wildman–Crippen MR) is 146 cm³/mol. The van der Waals surface area contributed by atoms with Gasteiger partial charge in [0.25, 0.3) is 0 Å². The van der Waals surface area contributed by atoms with Crippen molar-refractivity contribution in [3.05, 3.63) is 121 Å². The van der Waals surface area contributed by atoms with Crippen LogP contribution in [0.2, 0.25) is 0 Å². The summed E-state index contributed by atoms with van der Waals surface area (Å²) in [5, 5.41) is 5.46. The van der Waals surface area contributed by atoms with Gasteiger partial charge in [-0.1, -0.05) is 48.6 Å². The molecule has 0 radical (unpaired) electrons. The fourth-order valence-electron chi connectivity index (χ4n) is 4.61. The summed E-state index contributed by atoms with van der Waals surface area (Å²) in [5.41, 5.74) is 6.95. The fourth-order valence-corrected chi connectivity index (χ4v) is 4.61. The maximum atomic E-state index is 5.63. The number of ether oxygens (including phenoxy) is 1. The third-order valence-corrected chi connectivity index (χ3v) is 6.25. The molecule has 1 aliphatic rings. The van der Waals surface area contributed by atoms with E-state index in [1.165, 1.54) is 0 Å². The standard InChI is InChI=1S/C31H24N4O2/c1-2-3-4-7-22-18-26(21-10-12-32-27(19-21)30-34-14-16-36-30)24-8-5-6-9-25(24)29(22)23-11-13-33-28(20-23)31-35-15-17-37-31/h2-20,30,34H,1H3/b3-2-,7-4-. The first-order chi connectivity index (χ1) is 18.3. The molecule has 180 valence electrons. The number of hydrogen-bond donors (Lipinski definition) is 1. The Morgan fingerprint density at radius 1 is 0.865 bits per heavy atom. The van der Waals surface area contributed by atoms with Gasteiger partial charge in [-0.2, -0.15) is 0 Å². The zero-order valence-electron chi connectivity index (χ0n) is 20.2. The van der Waals surface area contributed by atoms with Crippen LogP contribution >= 0.6 is 0 Å². The minimum Gasteiger partial charge on any atom is -0.471 e. The van der Waals surface area contributed by atoms with Crippen molar-refractivity contribution in [2.75, 3.05) is 0 Å². The Hall–Kier alpha value is -4.97. The summed E-state index contributed by atoms with van der Waals surface area (Å²) < 4.78 is 11.1. The van der Waals surface area contributed by atoms with Crippen molar-refractivity contribution in [1.82, 2.24) is 20.3 Å². The highest BCUT2D eigenvalue weighted by Crippen LogP contribution is 2.40. The van der Waals surface area contributed by atoms with Gasteiger partial charge in [0, 0.05) is 18.6 Å². The molecule has 0 aliphatic carbocycles. The Kier molecular flexibility index (Phi) is 6.05. The molecule has 3 aromatic heterocycles. The summed E-state index contributed by atoms with van der Waals surface area (Å²) in [6, 6.07) is 18.9. The van der Waals surface area contributed by atoms with Crippen molar-refractivity contribution in [2.24, 2.45) is 0 Å². The zero-order chi connectivity index (χ0) is 25.0. The van der Waals surface area contributed by atoms with E-state index in [0.717, 1.165) is 44.3 Å². The maximum Gasteiger partial charge on any atom is 0.245 e. The predicted octanol–water partition coefficient (Wildman–Crippen LogP) is 7.30. The Labute approximate surface area is 214 Å². The van der Waals surface area contributed by atoms with Crippen LogP contribution in [-0.2, 0) is 4.74 Å². The number of hydrogen-bond acceptors (Lipinski definition) is 6. The van der Waals surface area contributed by atoms with Crippen molar-refractivity contribution >= 4 is 16.8 Å². The van der Waals surface area contributed by atoms with E-state index >= 15 is 0 Å². The van der Waals surface area contributed by atoms with E-state index in [-0.39, 0.29) is 6.23 Å². The number of allylic oxidation sites excluding steroid dienone is 3. The highest BCUT2D eigenvalue weighted by atomic mass is 16.5. The molecule has 1 atom stereocenters. The van der Waals surface area contributed by atoms with Crippen molar-refractivity contribution in [2.45, 2.75) is 13.2 Å². The highest BCUT2D eigenvalue weighted by molar-refractivity contribution is 6.08. The average Bonchev–Trinajstić information content (AvgIpc) is 3.68. The number of oxazole rings is 1. The molecule has 0 fully saturated rings. The van der Waals surface area contributed by atoms with Crippen LogP contribution < -0.4 is 5.32 Å². The van der Waals surface area contributed by atoms with Gasteiger partial charge in [0.05, 0.1) is 6.20 Å². The van der Waals surface area contributed by atoms with Crippen molar-refractivity contribution in [1.29, 1.82) is 0 Å². The number of benzene rings is 2. The molecule has 0 spiro atoms. The summed E-state index contributed by atoms with van der Waals surface area (Å²) in [5.74, 6) is 0.496. The third-order valence-electron chi connectivity index (χ3n) is 6.25. The molecule has 0 saturated carbocycles. The van der Waals surface area contributed by atoms with Gasteiger partial charge in [-0.3, -0.25) is 9.97 Å². The summed E-state index contributed by atoms with van der Waals surface area (Å²) >= 11 is 0. The lowest BCUT2D eigenvalue weighted by atomic mass is 9.88. The molecule has 2 aromatic carbocycles. The Morgan fingerprint density at radius 3 is 2.54 bits per heavy atom. The molecule has 4 heterocycles. The highest BCUT2D eigenvalue weighted by Gasteiger charge is 2.18. The quantitative estimate of drug-likeness (QED) is 0.255. The van der Waals surface area contributed by atoms with Gasteiger partial charge >= 0.3 is 0 Å². The number of fused-ring (bicyclic) bond motifs is 1. The lowest BCUT2D eigenvalue weighted by Crippen LogP contribution is -2.12. The van der Waals surface area contributed by atoms with Crippen LogP contribution in [0.5, 0.6) is 0 Å². The van der Waals surface area contributed by atoms with Crippen LogP contribution in [0.25, 0.3) is 50.7 Å². The zero-order valence-corrected chi connectivity index (χ0v) is 20.2. The van der Waals surface area contributed by atoms with Gasteiger partial charge in [0.1, 0.15) is 23.9 Å². The average molecular weight is 485 g/mol. The first kappa shape index (κ1) is 22.5. The SMILES string of the molecule is C/C=C\C=C/c1cc(-c2ccnc(C3NC=CO3)c2)c2ccccc2c1-c1ccnc(-c2ncco2)c1. The first-order valence-electron chi connectivity index (χ1n) is 12.1. The molecule has 1 N–H and O–H groups in total. The lowest BCUT2D eigenvalue weighted by Gasteiger charge is -2.17. The van der Waals surface area contributed by atoms with Gasteiger partial charge in [-0.25, -0.2) is 4.98 Å². The molecule has 1 aliphatic heterocycles. The van der Waals surface area contributed by atoms with Crippen LogP contribution in [0.1, 0.15) is 24.4 Å². The molecule has 5 aromatic rings. The monoisotopic (exact) mass is 484 g/mol. The molecule has 6 rings (SSSR count). The van der Waals surface area contributed by atoms with Crippen molar-refractivity contribution in [3.8, 4) is 33.8 Å². The van der Waals surface area contributed by atoms with E-state index in [0.29, 0.717) is 11.6 Å². The molecular weight excluding hydrogens is 460 g/mol. The number of nitrogens with one attached hydrogen (secondary N) is 1. The van der Waals surface area contributed by atoms with Gasteiger partial charge in [-0.15, -0.1) is 0 Å². The Balaban J connectivity index is 1.57. The van der Waals surface area contributed by atoms with Gasteiger partial charge in [-0.05, 0) is 75.8 Å². The van der Waals surface area contributed by atoms with E-state index < -0.39 is 0 Å². The topological polar surface area (TPSA) is 73.1 Å². The molecule has 6 nitrogen and oxygen atoms in total. The van der Waals surface area contributed by atoms with Crippen LogP contribution in [-0.4, -0.2) is 15.0 Å². The summed E-state index contributed by atoms with van der Waals surface area (Å²) in [4.78, 5) is 13.3. The third kappa shape index (κ3) is 4.41. The second-order valence-electron chi connectivity index (χ2n) is 8.54. The van der Waals surface area contributed by atoms with E-state index in [9.17, 15) is 0 Å². The molecule has 1 unspecified atom stereocenters. The second kappa shape index (κ2) is 9.95. The maximum absolute atomic E-state index is 5.63. The van der Waals surface area contributed by atoms with Gasteiger partial charge < -0.3 is 14.5 Å². The number of aromatic nitrogens is 3. The van der Waals surface area contributed by atoms with Crippen LogP contribution in [0.4, 0.5) is 0 Å². The first-order valence-corrected chi connectivity index (χ1v) is 12.1. The fraction of sp³-hybridized carbons (Fsp3) is 0.0645. The number of rotatable bonds is 6. The van der Waals surface area contributed by atoms with Crippen LogP contribution in [0, 0.1) is 0 Å². The molecule has 0 bridgehead atoms. The van der Waals surface area contributed by atoms with E-state index in [4.69, 9.17) is 9.15 Å². The van der Waals surface area contributed by atoms with Gasteiger partial charge in [0.15, 0.2) is 0 Å². The van der Waals surface area contributed by atoms with E-state index in [1.807, 2.05) is 43.5 Å².